The van der Waals surface area contributed by atoms with Gasteiger partial charge in [0.1, 0.15) is 16.9 Å². The van der Waals surface area contributed by atoms with Crippen LogP contribution in [0.3, 0.4) is 0 Å². The molecule has 0 atom stereocenters. The monoisotopic (exact) mass is 489 g/mol. The van der Waals surface area contributed by atoms with Gasteiger partial charge in [0.2, 0.25) is 0 Å². The van der Waals surface area contributed by atoms with E-state index in [4.69, 9.17) is 9.72 Å². The van der Waals surface area contributed by atoms with E-state index in [1.807, 2.05) is 61.9 Å². The molecule has 2 N–H and O–H groups in total. The SMILES string of the molecule is Cc1cnc2[nH]cc(-c3ccccc3)c2n1.c1ccc(-c2c[nH]c3ncc(N4CCOCC4)nc23)cc1. The quantitative estimate of drug-likeness (QED) is 0.346. The summed E-state index contributed by atoms with van der Waals surface area (Å²) in [6.45, 7) is 5.18. The van der Waals surface area contributed by atoms with Crippen molar-refractivity contribution >= 4 is 28.1 Å². The summed E-state index contributed by atoms with van der Waals surface area (Å²) in [6, 6.07) is 20.5. The van der Waals surface area contributed by atoms with Crippen molar-refractivity contribution in [2.24, 2.45) is 0 Å². The van der Waals surface area contributed by atoms with E-state index in [1.54, 1.807) is 6.20 Å². The Hall–Kier alpha value is -4.56. The van der Waals surface area contributed by atoms with Crippen molar-refractivity contribution in [2.45, 2.75) is 6.92 Å². The number of nitrogens with zero attached hydrogens (tertiary/aromatic N) is 5. The largest absolute Gasteiger partial charge is 0.378 e. The lowest BCUT2D eigenvalue weighted by atomic mass is 10.1. The smallest absolute Gasteiger partial charge is 0.156 e. The highest BCUT2D eigenvalue weighted by Crippen LogP contribution is 2.28. The number of hydrogen-bond acceptors (Lipinski definition) is 6. The Balaban J connectivity index is 0.000000141. The van der Waals surface area contributed by atoms with E-state index >= 15 is 0 Å². The second kappa shape index (κ2) is 10.2. The van der Waals surface area contributed by atoms with Gasteiger partial charge in [-0.1, -0.05) is 60.7 Å². The summed E-state index contributed by atoms with van der Waals surface area (Å²) in [4.78, 5) is 26.7. The molecule has 0 spiro atoms. The van der Waals surface area contributed by atoms with Gasteiger partial charge in [-0.05, 0) is 18.1 Å². The molecule has 1 aliphatic heterocycles. The first-order valence-corrected chi connectivity index (χ1v) is 12.3. The van der Waals surface area contributed by atoms with Crippen molar-refractivity contribution < 1.29 is 4.74 Å². The summed E-state index contributed by atoms with van der Waals surface area (Å²) in [7, 11) is 0. The molecule has 0 unspecified atom stereocenters. The Morgan fingerprint density at radius 2 is 1.24 bits per heavy atom. The molecule has 8 heteroatoms. The Morgan fingerprint density at radius 3 is 1.84 bits per heavy atom. The van der Waals surface area contributed by atoms with E-state index in [-0.39, 0.29) is 0 Å². The molecule has 0 saturated carbocycles. The third kappa shape index (κ3) is 4.79. The second-order valence-electron chi connectivity index (χ2n) is 8.87. The van der Waals surface area contributed by atoms with Crippen molar-refractivity contribution in [1.29, 1.82) is 0 Å². The molecule has 2 aromatic carbocycles. The van der Waals surface area contributed by atoms with Crippen LogP contribution in [0.2, 0.25) is 0 Å². The molecule has 1 saturated heterocycles. The highest BCUT2D eigenvalue weighted by molar-refractivity contribution is 5.91. The van der Waals surface area contributed by atoms with Crippen LogP contribution in [0.15, 0.2) is 85.5 Å². The lowest BCUT2D eigenvalue weighted by Gasteiger charge is -2.27. The number of aryl methyl sites for hydroxylation is 1. The molecule has 37 heavy (non-hydrogen) atoms. The van der Waals surface area contributed by atoms with Crippen molar-refractivity contribution in [3.8, 4) is 22.3 Å². The molecule has 184 valence electrons. The fourth-order valence-corrected chi connectivity index (χ4v) is 4.48. The number of aromatic amines is 2. The van der Waals surface area contributed by atoms with Crippen LogP contribution >= 0.6 is 0 Å². The minimum atomic E-state index is 0.748. The summed E-state index contributed by atoms with van der Waals surface area (Å²) in [6.07, 6.45) is 7.54. The fraction of sp³-hybridized carbons (Fsp3) is 0.172. The van der Waals surface area contributed by atoms with Gasteiger partial charge in [0.05, 0.1) is 31.3 Å². The first-order valence-electron chi connectivity index (χ1n) is 12.3. The number of benzene rings is 2. The van der Waals surface area contributed by atoms with E-state index in [0.29, 0.717) is 0 Å². The Bertz CT molecular complexity index is 1620. The van der Waals surface area contributed by atoms with Crippen LogP contribution in [-0.2, 0) is 4.74 Å². The molecule has 0 amide bonds. The number of nitrogens with one attached hydrogen (secondary N) is 2. The third-order valence-corrected chi connectivity index (χ3v) is 6.37. The molecule has 0 bridgehead atoms. The van der Waals surface area contributed by atoms with Crippen LogP contribution in [0.5, 0.6) is 0 Å². The van der Waals surface area contributed by atoms with Gasteiger partial charge in [0.25, 0.3) is 0 Å². The van der Waals surface area contributed by atoms with E-state index in [1.165, 1.54) is 0 Å². The van der Waals surface area contributed by atoms with Crippen molar-refractivity contribution in [3.63, 3.8) is 0 Å². The van der Waals surface area contributed by atoms with Crippen LogP contribution in [-0.4, -0.2) is 56.2 Å². The topological polar surface area (TPSA) is 95.6 Å². The van der Waals surface area contributed by atoms with Crippen LogP contribution in [0.1, 0.15) is 5.69 Å². The molecular weight excluding hydrogens is 462 g/mol. The molecule has 1 fully saturated rings. The van der Waals surface area contributed by atoms with Gasteiger partial charge in [-0.15, -0.1) is 0 Å². The van der Waals surface area contributed by atoms with Gasteiger partial charge in [-0.2, -0.15) is 0 Å². The number of ether oxygens (including phenoxy) is 1. The average Bonchev–Trinajstić information content (AvgIpc) is 3.58. The molecule has 6 aromatic rings. The van der Waals surface area contributed by atoms with E-state index < -0.39 is 0 Å². The first-order chi connectivity index (χ1) is 18.3. The first kappa shape index (κ1) is 22.9. The van der Waals surface area contributed by atoms with Crippen LogP contribution in [0.4, 0.5) is 5.82 Å². The minimum absolute atomic E-state index is 0.748. The zero-order valence-corrected chi connectivity index (χ0v) is 20.6. The Morgan fingerprint density at radius 1 is 0.703 bits per heavy atom. The summed E-state index contributed by atoms with van der Waals surface area (Å²) in [5.41, 5.74) is 8.96. The molecule has 8 nitrogen and oxygen atoms in total. The Kier molecular flexibility index (Phi) is 6.31. The highest BCUT2D eigenvalue weighted by Gasteiger charge is 2.15. The minimum Gasteiger partial charge on any atom is -0.378 e. The van der Waals surface area contributed by atoms with Crippen LogP contribution < -0.4 is 4.90 Å². The molecule has 7 rings (SSSR count). The zero-order chi connectivity index (χ0) is 25.0. The summed E-state index contributed by atoms with van der Waals surface area (Å²) < 4.78 is 5.39. The molecule has 5 heterocycles. The number of aromatic nitrogens is 6. The maximum atomic E-state index is 5.39. The predicted molar refractivity (Wildman–Crippen MR) is 146 cm³/mol. The fourth-order valence-electron chi connectivity index (χ4n) is 4.48. The van der Waals surface area contributed by atoms with Crippen molar-refractivity contribution in [3.05, 3.63) is 91.1 Å². The van der Waals surface area contributed by atoms with Crippen LogP contribution in [0, 0.1) is 6.92 Å². The van der Waals surface area contributed by atoms with E-state index in [2.05, 4.69) is 54.1 Å². The Labute approximate surface area is 214 Å². The molecule has 0 radical (unpaired) electrons. The maximum absolute atomic E-state index is 5.39. The summed E-state index contributed by atoms with van der Waals surface area (Å²) in [5.74, 6) is 0.919. The number of anilines is 1. The zero-order valence-electron chi connectivity index (χ0n) is 20.6. The van der Waals surface area contributed by atoms with Gasteiger partial charge in [-0.3, -0.25) is 0 Å². The normalized spacial score (nSPS) is 13.5. The average molecular weight is 490 g/mol. The summed E-state index contributed by atoms with van der Waals surface area (Å²) >= 11 is 0. The third-order valence-electron chi connectivity index (χ3n) is 6.37. The lowest BCUT2D eigenvalue weighted by molar-refractivity contribution is 0.122. The summed E-state index contributed by atoms with van der Waals surface area (Å²) in [5, 5.41) is 0. The van der Waals surface area contributed by atoms with E-state index in [0.717, 1.165) is 82.4 Å². The number of fused-ring (bicyclic) bond motifs is 2. The van der Waals surface area contributed by atoms with Crippen LogP contribution in [0.25, 0.3) is 44.6 Å². The lowest BCUT2D eigenvalue weighted by Crippen LogP contribution is -2.36. The number of hydrogen-bond donors (Lipinski definition) is 2. The maximum Gasteiger partial charge on any atom is 0.156 e. The van der Waals surface area contributed by atoms with Crippen molar-refractivity contribution in [1.82, 2.24) is 29.9 Å². The predicted octanol–water partition coefficient (Wildman–Crippen LogP) is 5.39. The second-order valence-corrected chi connectivity index (χ2v) is 8.87. The standard InChI is InChI=1S/C16H16N4O.C13H11N3/c1-2-4-12(5-3-1)13-10-17-16-15(13)19-14(11-18-16)20-6-8-21-9-7-20;1-9-7-14-13-12(16-9)11(8-15-13)10-5-3-2-4-6-10/h1-5,10-11H,6-9H2,(H,17,18);2-8H,1H3,(H,14,15). The number of rotatable bonds is 3. The number of morpholine rings is 1. The molecule has 4 aromatic heterocycles. The van der Waals surface area contributed by atoms with Crippen molar-refractivity contribution in [2.75, 3.05) is 31.2 Å². The molecular formula is C29H27N7O. The van der Waals surface area contributed by atoms with Gasteiger partial charge < -0.3 is 19.6 Å². The molecule has 1 aliphatic rings. The van der Waals surface area contributed by atoms with Gasteiger partial charge >= 0.3 is 0 Å². The number of H-pyrrole nitrogens is 2. The van der Waals surface area contributed by atoms with Gasteiger partial charge in [0, 0.05) is 36.6 Å². The van der Waals surface area contributed by atoms with Gasteiger partial charge in [-0.25, -0.2) is 19.9 Å². The van der Waals surface area contributed by atoms with Gasteiger partial charge in [0.15, 0.2) is 11.3 Å². The molecule has 0 aliphatic carbocycles. The van der Waals surface area contributed by atoms with E-state index in [9.17, 15) is 0 Å². The highest BCUT2D eigenvalue weighted by atomic mass is 16.5.